The van der Waals surface area contributed by atoms with Crippen LogP contribution in [-0.4, -0.2) is 35.1 Å². The number of hydrogen-bond acceptors (Lipinski definition) is 5. The monoisotopic (exact) mass is 566 g/mol. The zero-order chi connectivity index (χ0) is 30.5. The van der Waals surface area contributed by atoms with E-state index in [2.05, 4.69) is 16.7 Å². The second-order valence-corrected chi connectivity index (χ2v) is 12.3. The van der Waals surface area contributed by atoms with Crippen molar-refractivity contribution in [3.05, 3.63) is 89.5 Å². The van der Waals surface area contributed by atoms with E-state index in [0.717, 1.165) is 27.9 Å². The Kier molecular flexibility index (Phi) is 9.01. The van der Waals surface area contributed by atoms with Gasteiger partial charge in [-0.1, -0.05) is 60.7 Å². The van der Waals surface area contributed by atoms with Crippen molar-refractivity contribution in [3.8, 4) is 17.2 Å². The van der Waals surface area contributed by atoms with Gasteiger partial charge in [-0.2, -0.15) is 5.26 Å². The predicted octanol–water partition coefficient (Wildman–Crippen LogP) is 5.88. The minimum atomic E-state index is -0.880. The zero-order valence-corrected chi connectivity index (χ0v) is 24.9. The minimum Gasteiger partial charge on any atom is -0.444 e. The molecule has 0 fully saturated rings. The number of alkyl carbamates (subject to hydrolysis) is 1. The number of fused-ring (bicyclic) bond motifs is 1. The fourth-order valence-electron chi connectivity index (χ4n) is 5.09. The van der Waals surface area contributed by atoms with Crippen molar-refractivity contribution in [3.63, 3.8) is 0 Å². The third-order valence-electron chi connectivity index (χ3n) is 6.98. The van der Waals surface area contributed by atoms with Crippen molar-refractivity contribution in [2.45, 2.75) is 77.6 Å². The maximum atomic E-state index is 13.9. The molecule has 0 spiro atoms. The van der Waals surface area contributed by atoms with Crippen LogP contribution in [0.5, 0.6) is 0 Å². The standard InChI is InChI=1S/C34H38N4O4/c1-33(2,3)42-32(41)37-34(4,5)20-30(39)36-28-19-18-25-10-7-9-13-29(25)38(31(28)40)22-23-14-16-24(17-15-23)27-12-8-6-11-26(27)21-35/h6-17,28H,18-20,22H2,1-5H3,(H,36,39)(H,37,41). The Morgan fingerprint density at radius 1 is 0.976 bits per heavy atom. The third-order valence-corrected chi connectivity index (χ3v) is 6.98. The van der Waals surface area contributed by atoms with E-state index >= 15 is 0 Å². The van der Waals surface area contributed by atoms with E-state index in [9.17, 15) is 19.6 Å². The van der Waals surface area contributed by atoms with Crippen LogP contribution in [0.1, 0.15) is 64.2 Å². The van der Waals surface area contributed by atoms with E-state index in [1.807, 2.05) is 66.7 Å². The maximum absolute atomic E-state index is 13.9. The smallest absolute Gasteiger partial charge is 0.408 e. The quantitative estimate of drug-likeness (QED) is 0.371. The van der Waals surface area contributed by atoms with E-state index in [-0.39, 0.29) is 18.2 Å². The fourth-order valence-corrected chi connectivity index (χ4v) is 5.09. The van der Waals surface area contributed by atoms with Crippen molar-refractivity contribution >= 4 is 23.6 Å². The Morgan fingerprint density at radius 3 is 2.33 bits per heavy atom. The van der Waals surface area contributed by atoms with Crippen LogP contribution in [0.25, 0.3) is 11.1 Å². The van der Waals surface area contributed by atoms with Gasteiger partial charge in [-0.05, 0) is 81.8 Å². The second-order valence-electron chi connectivity index (χ2n) is 12.3. The number of nitrogens with one attached hydrogen (secondary N) is 2. The van der Waals surface area contributed by atoms with Crippen LogP contribution in [0.3, 0.4) is 0 Å². The maximum Gasteiger partial charge on any atom is 0.408 e. The SMILES string of the molecule is CC(C)(CC(=O)NC1CCc2ccccc2N(Cc2ccc(-c3ccccc3C#N)cc2)C1=O)NC(=O)OC(C)(C)C. The summed E-state index contributed by atoms with van der Waals surface area (Å²) in [5.41, 5.74) is 3.63. The van der Waals surface area contributed by atoms with Crippen LogP contribution in [0.4, 0.5) is 10.5 Å². The molecule has 3 amide bonds. The number of rotatable bonds is 7. The molecule has 4 rings (SSSR count). The average Bonchev–Trinajstić information content (AvgIpc) is 3.04. The molecule has 0 aliphatic carbocycles. The summed E-state index contributed by atoms with van der Waals surface area (Å²) in [4.78, 5) is 41.0. The van der Waals surface area contributed by atoms with Gasteiger partial charge in [0.25, 0.3) is 0 Å². The Morgan fingerprint density at radius 2 is 1.64 bits per heavy atom. The molecule has 218 valence electrons. The molecular weight excluding hydrogens is 528 g/mol. The van der Waals surface area contributed by atoms with Crippen LogP contribution in [-0.2, 0) is 27.3 Å². The summed E-state index contributed by atoms with van der Waals surface area (Å²) in [6.45, 7) is 9.13. The first-order valence-corrected chi connectivity index (χ1v) is 14.1. The van der Waals surface area contributed by atoms with Crippen molar-refractivity contribution < 1.29 is 19.1 Å². The number of para-hydroxylation sites is 1. The van der Waals surface area contributed by atoms with Crippen LogP contribution in [0.2, 0.25) is 0 Å². The molecule has 0 bridgehead atoms. The van der Waals surface area contributed by atoms with E-state index < -0.39 is 23.3 Å². The number of ether oxygens (including phenoxy) is 1. The molecule has 0 saturated heterocycles. The molecule has 42 heavy (non-hydrogen) atoms. The molecule has 3 aromatic carbocycles. The average molecular weight is 567 g/mol. The molecule has 1 heterocycles. The minimum absolute atomic E-state index is 0.0192. The molecule has 3 aromatic rings. The molecule has 0 aromatic heterocycles. The number of hydrogen-bond donors (Lipinski definition) is 2. The van der Waals surface area contributed by atoms with E-state index in [0.29, 0.717) is 24.9 Å². The predicted molar refractivity (Wildman–Crippen MR) is 163 cm³/mol. The number of carbonyl (C=O) groups excluding carboxylic acids is 3. The number of nitriles is 1. The van der Waals surface area contributed by atoms with Gasteiger partial charge in [0.2, 0.25) is 11.8 Å². The number of carbonyl (C=O) groups is 3. The topological polar surface area (TPSA) is 112 Å². The highest BCUT2D eigenvalue weighted by atomic mass is 16.6. The third kappa shape index (κ3) is 7.76. The molecule has 8 nitrogen and oxygen atoms in total. The largest absolute Gasteiger partial charge is 0.444 e. The Labute approximate surface area is 247 Å². The summed E-state index contributed by atoms with van der Waals surface area (Å²) in [6, 6.07) is 24.6. The fraction of sp³-hybridized carbons (Fsp3) is 0.353. The second kappa shape index (κ2) is 12.5. The highest BCUT2D eigenvalue weighted by Crippen LogP contribution is 2.30. The number of benzene rings is 3. The van der Waals surface area contributed by atoms with Crippen LogP contribution >= 0.6 is 0 Å². The number of anilines is 1. The van der Waals surface area contributed by atoms with Crippen LogP contribution < -0.4 is 15.5 Å². The molecule has 1 aliphatic rings. The highest BCUT2D eigenvalue weighted by Gasteiger charge is 2.33. The number of amides is 3. The van der Waals surface area contributed by atoms with Crippen molar-refractivity contribution in [2.24, 2.45) is 0 Å². The van der Waals surface area contributed by atoms with E-state index in [1.165, 1.54) is 0 Å². The van der Waals surface area contributed by atoms with Gasteiger partial charge >= 0.3 is 6.09 Å². The normalized spacial score (nSPS) is 15.2. The van der Waals surface area contributed by atoms with Gasteiger partial charge in [0, 0.05) is 17.6 Å². The molecule has 0 radical (unpaired) electrons. The molecule has 1 unspecified atom stereocenters. The van der Waals surface area contributed by atoms with Gasteiger partial charge in [-0.15, -0.1) is 0 Å². The highest BCUT2D eigenvalue weighted by molar-refractivity contribution is 6.00. The summed E-state index contributed by atoms with van der Waals surface area (Å²) in [7, 11) is 0. The Bertz CT molecular complexity index is 1500. The number of aryl methyl sites for hydroxylation is 1. The summed E-state index contributed by atoms with van der Waals surface area (Å²) >= 11 is 0. The van der Waals surface area contributed by atoms with Crippen molar-refractivity contribution in [2.75, 3.05) is 4.90 Å². The molecule has 1 atom stereocenters. The Hall–Kier alpha value is -4.64. The molecule has 8 heteroatoms. The first-order chi connectivity index (χ1) is 19.8. The first kappa shape index (κ1) is 30.3. The van der Waals surface area contributed by atoms with Crippen LogP contribution in [0, 0.1) is 11.3 Å². The number of nitrogens with zero attached hydrogens (tertiary/aromatic N) is 2. The zero-order valence-electron chi connectivity index (χ0n) is 24.9. The lowest BCUT2D eigenvalue weighted by atomic mass is 9.99. The van der Waals surface area contributed by atoms with Gasteiger partial charge < -0.3 is 20.3 Å². The first-order valence-electron chi connectivity index (χ1n) is 14.1. The van der Waals surface area contributed by atoms with Gasteiger partial charge in [-0.25, -0.2) is 4.79 Å². The van der Waals surface area contributed by atoms with Gasteiger partial charge in [0.1, 0.15) is 11.6 Å². The summed E-state index contributed by atoms with van der Waals surface area (Å²) < 4.78 is 5.33. The molecule has 1 aliphatic heterocycles. The van der Waals surface area contributed by atoms with Gasteiger partial charge in [0.15, 0.2) is 0 Å². The van der Waals surface area contributed by atoms with E-state index in [4.69, 9.17) is 4.74 Å². The Balaban J connectivity index is 1.50. The van der Waals surface area contributed by atoms with E-state index in [1.54, 1.807) is 45.6 Å². The van der Waals surface area contributed by atoms with Crippen molar-refractivity contribution in [1.82, 2.24) is 10.6 Å². The van der Waals surface area contributed by atoms with Crippen molar-refractivity contribution in [1.29, 1.82) is 5.26 Å². The summed E-state index contributed by atoms with van der Waals surface area (Å²) in [5.74, 6) is -0.522. The van der Waals surface area contributed by atoms with Crippen LogP contribution in [0.15, 0.2) is 72.8 Å². The summed E-state index contributed by atoms with van der Waals surface area (Å²) in [6.07, 6.45) is 0.470. The molecule has 2 N–H and O–H groups in total. The molecule has 0 saturated carbocycles. The lowest BCUT2D eigenvalue weighted by Gasteiger charge is -2.29. The van der Waals surface area contributed by atoms with Gasteiger partial charge in [0.05, 0.1) is 18.2 Å². The lowest BCUT2D eigenvalue weighted by Crippen LogP contribution is -2.52. The summed E-state index contributed by atoms with van der Waals surface area (Å²) in [5, 5.41) is 15.2. The lowest BCUT2D eigenvalue weighted by molar-refractivity contribution is -0.128. The van der Waals surface area contributed by atoms with Gasteiger partial charge in [-0.3, -0.25) is 9.59 Å². The molecular formula is C34H38N4O4.